The summed E-state index contributed by atoms with van der Waals surface area (Å²) in [6.07, 6.45) is 2.09. The van der Waals surface area contributed by atoms with Crippen LogP contribution in [0, 0.1) is 0 Å². The number of benzene rings is 1. The number of likely N-dealkylation sites (tertiary alicyclic amines) is 1. The van der Waals surface area contributed by atoms with Gasteiger partial charge in [0.2, 0.25) is 17.8 Å². The van der Waals surface area contributed by atoms with Crippen molar-refractivity contribution in [3.63, 3.8) is 0 Å². The number of nitrogens with zero attached hydrogens (tertiary/aromatic N) is 4. The second kappa shape index (κ2) is 8.67. The van der Waals surface area contributed by atoms with Crippen LogP contribution in [0.25, 0.3) is 0 Å². The minimum absolute atomic E-state index is 0.0371. The Balaban J connectivity index is 1.61. The molecule has 1 fully saturated rings. The van der Waals surface area contributed by atoms with Gasteiger partial charge in [-0.05, 0) is 25.0 Å². The van der Waals surface area contributed by atoms with Crippen LogP contribution >= 0.6 is 11.8 Å². The third-order valence-electron chi connectivity index (χ3n) is 3.97. The van der Waals surface area contributed by atoms with Crippen LogP contribution in [0.4, 0.5) is 11.9 Å². The van der Waals surface area contributed by atoms with Gasteiger partial charge >= 0.3 is 5.97 Å². The molecule has 1 aliphatic rings. The SMILES string of the molecule is Nc1nc(N)nc(COC(=O)c2ccccc2SCC(=O)N2CCCC2)n1. The van der Waals surface area contributed by atoms with Gasteiger partial charge in [0.15, 0.2) is 12.4 Å². The second-order valence-electron chi connectivity index (χ2n) is 5.92. The lowest BCUT2D eigenvalue weighted by atomic mass is 10.2. The van der Waals surface area contributed by atoms with Crippen molar-refractivity contribution in [2.24, 2.45) is 0 Å². The lowest BCUT2D eigenvalue weighted by molar-refractivity contribution is -0.127. The average Bonchev–Trinajstić information content (AvgIpc) is 3.18. The second-order valence-corrected chi connectivity index (χ2v) is 6.93. The molecule has 4 N–H and O–H groups in total. The Kier molecular flexibility index (Phi) is 6.07. The zero-order chi connectivity index (χ0) is 19.2. The van der Waals surface area contributed by atoms with Crippen molar-refractivity contribution < 1.29 is 14.3 Å². The van der Waals surface area contributed by atoms with Gasteiger partial charge in [0.25, 0.3) is 0 Å². The number of carbonyl (C=O) groups excluding carboxylic acids is 2. The molecule has 2 heterocycles. The van der Waals surface area contributed by atoms with E-state index in [0.717, 1.165) is 25.9 Å². The topological polar surface area (TPSA) is 137 Å². The van der Waals surface area contributed by atoms with E-state index in [1.165, 1.54) is 11.8 Å². The van der Waals surface area contributed by atoms with Crippen molar-refractivity contribution >= 4 is 35.5 Å². The van der Waals surface area contributed by atoms with Gasteiger partial charge in [-0.15, -0.1) is 11.8 Å². The highest BCUT2D eigenvalue weighted by molar-refractivity contribution is 8.00. The molecule has 0 saturated carbocycles. The van der Waals surface area contributed by atoms with E-state index in [4.69, 9.17) is 16.2 Å². The molecule has 2 aromatic rings. The minimum atomic E-state index is -0.538. The van der Waals surface area contributed by atoms with E-state index in [2.05, 4.69) is 15.0 Å². The fourth-order valence-electron chi connectivity index (χ4n) is 2.69. The van der Waals surface area contributed by atoms with E-state index < -0.39 is 5.97 Å². The van der Waals surface area contributed by atoms with Crippen LogP contribution in [0.2, 0.25) is 0 Å². The molecule has 1 aliphatic heterocycles. The number of anilines is 2. The largest absolute Gasteiger partial charge is 0.454 e. The van der Waals surface area contributed by atoms with E-state index in [-0.39, 0.29) is 36.0 Å². The molecule has 1 aromatic heterocycles. The van der Waals surface area contributed by atoms with Crippen molar-refractivity contribution in [2.75, 3.05) is 30.3 Å². The Morgan fingerprint density at radius 3 is 2.44 bits per heavy atom. The van der Waals surface area contributed by atoms with Crippen LogP contribution in [0.15, 0.2) is 29.2 Å². The summed E-state index contributed by atoms with van der Waals surface area (Å²) >= 11 is 1.32. The Morgan fingerprint density at radius 1 is 1.07 bits per heavy atom. The molecular weight excluding hydrogens is 368 g/mol. The molecule has 142 valence electrons. The van der Waals surface area contributed by atoms with Gasteiger partial charge in [-0.2, -0.15) is 15.0 Å². The number of hydrogen-bond acceptors (Lipinski definition) is 9. The molecule has 0 spiro atoms. The number of esters is 1. The first-order valence-corrected chi connectivity index (χ1v) is 9.44. The smallest absolute Gasteiger partial charge is 0.339 e. The Morgan fingerprint density at radius 2 is 1.74 bits per heavy atom. The number of nitrogen functional groups attached to an aromatic ring is 2. The third-order valence-corrected chi connectivity index (χ3v) is 5.02. The molecule has 1 amide bonds. The molecule has 3 rings (SSSR count). The van der Waals surface area contributed by atoms with Crippen molar-refractivity contribution in [1.82, 2.24) is 19.9 Å². The van der Waals surface area contributed by atoms with Crippen LogP contribution in [-0.2, 0) is 16.1 Å². The summed E-state index contributed by atoms with van der Waals surface area (Å²) < 4.78 is 5.26. The van der Waals surface area contributed by atoms with Gasteiger partial charge in [-0.3, -0.25) is 4.79 Å². The van der Waals surface area contributed by atoms with E-state index in [1.807, 2.05) is 11.0 Å². The number of amides is 1. The normalized spacial score (nSPS) is 13.6. The van der Waals surface area contributed by atoms with E-state index >= 15 is 0 Å². The average molecular weight is 388 g/mol. The number of hydrogen-bond donors (Lipinski definition) is 2. The molecule has 0 radical (unpaired) electrons. The number of ether oxygens (including phenoxy) is 1. The van der Waals surface area contributed by atoms with Gasteiger partial charge < -0.3 is 21.1 Å². The van der Waals surface area contributed by atoms with Gasteiger partial charge in [0, 0.05) is 18.0 Å². The van der Waals surface area contributed by atoms with E-state index in [9.17, 15) is 9.59 Å². The maximum Gasteiger partial charge on any atom is 0.339 e. The third kappa shape index (κ3) is 5.07. The summed E-state index contributed by atoms with van der Waals surface area (Å²) in [7, 11) is 0. The van der Waals surface area contributed by atoms with Crippen molar-refractivity contribution in [3.8, 4) is 0 Å². The van der Waals surface area contributed by atoms with Crippen LogP contribution in [0.5, 0.6) is 0 Å². The minimum Gasteiger partial charge on any atom is -0.454 e. The molecule has 27 heavy (non-hydrogen) atoms. The number of aromatic nitrogens is 3. The summed E-state index contributed by atoms with van der Waals surface area (Å²) in [6.45, 7) is 1.43. The molecule has 1 aromatic carbocycles. The Hall–Kier alpha value is -2.88. The maximum absolute atomic E-state index is 12.4. The summed E-state index contributed by atoms with van der Waals surface area (Å²) in [5.74, 6) is -0.0798. The fourth-order valence-corrected chi connectivity index (χ4v) is 3.63. The lowest BCUT2D eigenvalue weighted by Crippen LogP contribution is -2.29. The standard InChI is InChI=1S/C17H20N6O3S/c18-16-20-13(21-17(19)22-16)9-26-15(25)11-5-1-2-6-12(11)27-10-14(24)23-7-3-4-8-23/h1-2,5-6H,3-4,7-10H2,(H4,18,19,20,21,22). The van der Waals surface area contributed by atoms with Gasteiger partial charge in [0.1, 0.15) is 0 Å². The molecule has 0 unspecified atom stereocenters. The highest BCUT2D eigenvalue weighted by atomic mass is 32.2. The number of thioether (sulfide) groups is 1. The molecular formula is C17H20N6O3S. The summed E-state index contributed by atoms with van der Waals surface area (Å²) in [5.41, 5.74) is 11.4. The Labute approximate surface area is 160 Å². The number of rotatable bonds is 6. The lowest BCUT2D eigenvalue weighted by Gasteiger charge is -2.15. The number of carbonyl (C=O) groups is 2. The first-order valence-electron chi connectivity index (χ1n) is 8.45. The van der Waals surface area contributed by atoms with Crippen molar-refractivity contribution in [1.29, 1.82) is 0 Å². The quantitative estimate of drug-likeness (QED) is 0.550. The maximum atomic E-state index is 12.4. The fraction of sp³-hybridized carbons (Fsp3) is 0.353. The van der Waals surface area contributed by atoms with Crippen LogP contribution < -0.4 is 11.5 Å². The summed E-state index contributed by atoms with van der Waals surface area (Å²) in [4.78, 5) is 38.6. The predicted molar refractivity (Wildman–Crippen MR) is 101 cm³/mol. The van der Waals surface area contributed by atoms with Gasteiger partial charge in [0.05, 0.1) is 11.3 Å². The zero-order valence-corrected chi connectivity index (χ0v) is 15.4. The van der Waals surface area contributed by atoms with Gasteiger partial charge in [-0.25, -0.2) is 4.79 Å². The highest BCUT2D eigenvalue weighted by Gasteiger charge is 2.20. The van der Waals surface area contributed by atoms with Crippen LogP contribution in [0.3, 0.4) is 0 Å². The molecule has 0 bridgehead atoms. The van der Waals surface area contributed by atoms with Crippen molar-refractivity contribution in [3.05, 3.63) is 35.7 Å². The molecule has 1 saturated heterocycles. The molecule has 10 heteroatoms. The first kappa shape index (κ1) is 18.9. The molecule has 0 atom stereocenters. The van der Waals surface area contributed by atoms with Crippen LogP contribution in [-0.4, -0.2) is 50.6 Å². The monoisotopic (exact) mass is 388 g/mol. The number of nitrogens with two attached hydrogens (primary N) is 2. The van der Waals surface area contributed by atoms with E-state index in [0.29, 0.717) is 10.5 Å². The first-order chi connectivity index (χ1) is 13.0. The summed E-state index contributed by atoms with van der Waals surface area (Å²) in [6, 6.07) is 6.99. The predicted octanol–water partition coefficient (Wildman–Crippen LogP) is 1.11. The zero-order valence-electron chi connectivity index (χ0n) is 14.6. The molecule has 9 nitrogen and oxygen atoms in total. The molecule has 0 aliphatic carbocycles. The Bertz CT molecular complexity index is 821. The van der Waals surface area contributed by atoms with Crippen LogP contribution in [0.1, 0.15) is 29.0 Å². The van der Waals surface area contributed by atoms with Gasteiger partial charge in [-0.1, -0.05) is 12.1 Å². The van der Waals surface area contributed by atoms with Crippen molar-refractivity contribution in [2.45, 2.75) is 24.3 Å². The van der Waals surface area contributed by atoms with E-state index in [1.54, 1.807) is 18.2 Å². The summed E-state index contributed by atoms with van der Waals surface area (Å²) in [5, 5.41) is 0. The highest BCUT2D eigenvalue weighted by Crippen LogP contribution is 2.24.